The van der Waals surface area contributed by atoms with E-state index in [9.17, 15) is 0 Å². The van der Waals surface area contributed by atoms with Gasteiger partial charge < -0.3 is 5.32 Å². The molecule has 21 heavy (non-hydrogen) atoms. The monoisotopic (exact) mass is 288 g/mol. The van der Waals surface area contributed by atoms with E-state index in [-0.39, 0.29) is 0 Å². The summed E-state index contributed by atoms with van der Waals surface area (Å²) in [5, 5.41) is 3.65. The van der Waals surface area contributed by atoms with Crippen molar-refractivity contribution in [1.29, 1.82) is 0 Å². The maximum absolute atomic E-state index is 3.65. The fourth-order valence-corrected chi connectivity index (χ4v) is 3.49. The normalized spacial score (nSPS) is 20.1. The van der Waals surface area contributed by atoms with Crippen molar-refractivity contribution in [2.45, 2.75) is 65.5 Å². The van der Waals surface area contributed by atoms with Crippen LogP contribution in [0.25, 0.3) is 0 Å². The van der Waals surface area contributed by atoms with Gasteiger partial charge in [-0.05, 0) is 64.3 Å². The number of nitrogens with zero attached hydrogens (tertiary/aromatic N) is 1. The average Bonchev–Trinajstić information content (AvgIpc) is 2.95. The van der Waals surface area contributed by atoms with Crippen molar-refractivity contribution < 1.29 is 0 Å². The van der Waals surface area contributed by atoms with Gasteiger partial charge in [-0.15, -0.1) is 0 Å². The minimum absolute atomic E-state index is 0.513. The first kappa shape index (κ1) is 16.5. The SMILES string of the molecule is CCCCN(CC1CCCN1)C(C)c1ccc(C)cc1C. The second-order valence-electron chi connectivity index (χ2n) is 6.68. The molecule has 1 aliphatic rings. The van der Waals surface area contributed by atoms with Crippen molar-refractivity contribution >= 4 is 0 Å². The van der Waals surface area contributed by atoms with E-state index in [1.165, 1.54) is 62.0 Å². The topological polar surface area (TPSA) is 15.3 Å². The minimum Gasteiger partial charge on any atom is -0.313 e. The van der Waals surface area contributed by atoms with Gasteiger partial charge in [0, 0.05) is 18.6 Å². The van der Waals surface area contributed by atoms with Gasteiger partial charge in [0.05, 0.1) is 0 Å². The summed E-state index contributed by atoms with van der Waals surface area (Å²) in [7, 11) is 0. The zero-order valence-electron chi connectivity index (χ0n) is 14.3. The number of nitrogens with one attached hydrogen (secondary N) is 1. The van der Waals surface area contributed by atoms with Crippen molar-refractivity contribution in [1.82, 2.24) is 10.2 Å². The van der Waals surface area contributed by atoms with Gasteiger partial charge in [-0.1, -0.05) is 37.1 Å². The van der Waals surface area contributed by atoms with Gasteiger partial charge in [-0.25, -0.2) is 0 Å². The van der Waals surface area contributed by atoms with E-state index < -0.39 is 0 Å². The Morgan fingerprint density at radius 1 is 1.33 bits per heavy atom. The molecular formula is C19H32N2. The second-order valence-corrected chi connectivity index (χ2v) is 6.68. The predicted octanol–water partition coefficient (Wildman–Crippen LogP) is 4.22. The van der Waals surface area contributed by atoms with Gasteiger partial charge in [0.2, 0.25) is 0 Å². The zero-order valence-corrected chi connectivity index (χ0v) is 14.3. The van der Waals surface area contributed by atoms with Crippen LogP contribution in [0.5, 0.6) is 0 Å². The molecule has 2 heteroatoms. The van der Waals surface area contributed by atoms with Crippen molar-refractivity contribution in [2.24, 2.45) is 0 Å². The first-order valence-corrected chi connectivity index (χ1v) is 8.66. The van der Waals surface area contributed by atoms with Crippen LogP contribution in [0, 0.1) is 13.8 Å². The molecule has 0 spiro atoms. The second kappa shape index (κ2) is 7.95. The summed E-state index contributed by atoms with van der Waals surface area (Å²) < 4.78 is 0. The lowest BCUT2D eigenvalue weighted by Crippen LogP contribution is -2.39. The lowest BCUT2D eigenvalue weighted by Gasteiger charge is -2.32. The van der Waals surface area contributed by atoms with Crippen LogP contribution in [0.15, 0.2) is 18.2 Å². The Bertz CT molecular complexity index is 435. The molecule has 0 bridgehead atoms. The molecule has 0 aliphatic carbocycles. The Kier molecular flexibility index (Phi) is 6.25. The molecule has 1 aromatic rings. The van der Waals surface area contributed by atoms with Gasteiger partial charge in [-0.3, -0.25) is 4.90 Å². The third kappa shape index (κ3) is 4.55. The molecule has 1 N–H and O–H groups in total. The van der Waals surface area contributed by atoms with E-state index in [0.717, 1.165) is 0 Å². The van der Waals surface area contributed by atoms with E-state index in [1.807, 2.05) is 0 Å². The smallest absolute Gasteiger partial charge is 0.0323 e. The Labute approximate surface area is 130 Å². The summed E-state index contributed by atoms with van der Waals surface area (Å²) in [6, 6.07) is 8.10. The minimum atomic E-state index is 0.513. The van der Waals surface area contributed by atoms with Gasteiger partial charge in [0.15, 0.2) is 0 Å². The molecule has 2 nitrogen and oxygen atoms in total. The molecule has 2 unspecified atom stereocenters. The van der Waals surface area contributed by atoms with Crippen LogP contribution in [0.1, 0.15) is 62.3 Å². The standard InChI is InChI=1S/C19H32N2/c1-5-6-12-21(14-18-8-7-11-20-18)17(4)19-10-9-15(2)13-16(19)3/h9-10,13,17-18,20H,5-8,11-12,14H2,1-4H3. The Morgan fingerprint density at radius 3 is 2.76 bits per heavy atom. The van der Waals surface area contributed by atoms with Crippen LogP contribution in [0.2, 0.25) is 0 Å². The summed E-state index contributed by atoms with van der Waals surface area (Å²) in [6.45, 7) is 12.7. The van der Waals surface area contributed by atoms with Crippen molar-refractivity contribution in [3.63, 3.8) is 0 Å². The molecule has 0 radical (unpaired) electrons. The fourth-order valence-electron chi connectivity index (χ4n) is 3.49. The van der Waals surface area contributed by atoms with E-state index in [1.54, 1.807) is 0 Å². The quantitative estimate of drug-likeness (QED) is 0.808. The third-order valence-electron chi connectivity index (χ3n) is 4.84. The Morgan fingerprint density at radius 2 is 2.14 bits per heavy atom. The highest BCUT2D eigenvalue weighted by Crippen LogP contribution is 2.25. The Hall–Kier alpha value is -0.860. The van der Waals surface area contributed by atoms with Crippen LogP contribution >= 0.6 is 0 Å². The van der Waals surface area contributed by atoms with Crippen LogP contribution in [0.3, 0.4) is 0 Å². The molecule has 2 atom stereocenters. The summed E-state index contributed by atoms with van der Waals surface area (Å²) in [4.78, 5) is 2.68. The molecule has 0 amide bonds. The highest BCUT2D eigenvalue weighted by Gasteiger charge is 2.22. The maximum Gasteiger partial charge on any atom is 0.0323 e. The van der Waals surface area contributed by atoms with Crippen molar-refractivity contribution in [3.05, 3.63) is 34.9 Å². The first-order valence-electron chi connectivity index (χ1n) is 8.66. The number of benzene rings is 1. The number of hydrogen-bond acceptors (Lipinski definition) is 2. The molecule has 1 fully saturated rings. The first-order chi connectivity index (χ1) is 10.1. The highest BCUT2D eigenvalue weighted by molar-refractivity contribution is 5.32. The van der Waals surface area contributed by atoms with E-state index in [2.05, 4.69) is 56.1 Å². The molecule has 1 aromatic carbocycles. The molecule has 118 valence electrons. The number of aryl methyl sites for hydroxylation is 2. The summed E-state index contributed by atoms with van der Waals surface area (Å²) in [6.07, 6.45) is 5.24. The number of rotatable bonds is 7. The zero-order chi connectivity index (χ0) is 15.2. The van der Waals surface area contributed by atoms with E-state index in [4.69, 9.17) is 0 Å². The third-order valence-corrected chi connectivity index (χ3v) is 4.84. The van der Waals surface area contributed by atoms with Crippen LogP contribution in [0.4, 0.5) is 0 Å². The molecule has 1 saturated heterocycles. The summed E-state index contributed by atoms with van der Waals surface area (Å²) >= 11 is 0. The van der Waals surface area contributed by atoms with Gasteiger partial charge in [0.1, 0.15) is 0 Å². The van der Waals surface area contributed by atoms with E-state index in [0.29, 0.717) is 12.1 Å². The van der Waals surface area contributed by atoms with Crippen molar-refractivity contribution in [3.8, 4) is 0 Å². The summed E-state index contributed by atoms with van der Waals surface area (Å²) in [5.74, 6) is 0. The predicted molar refractivity (Wildman–Crippen MR) is 91.8 cm³/mol. The lowest BCUT2D eigenvalue weighted by molar-refractivity contribution is 0.189. The maximum atomic E-state index is 3.65. The number of unbranched alkanes of at least 4 members (excludes halogenated alkanes) is 1. The fraction of sp³-hybridized carbons (Fsp3) is 0.684. The molecule has 0 aromatic heterocycles. The molecule has 0 saturated carbocycles. The van der Waals surface area contributed by atoms with Crippen LogP contribution < -0.4 is 5.32 Å². The van der Waals surface area contributed by atoms with E-state index >= 15 is 0 Å². The number of hydrogen-bond donors (Lipinski definition) is 1. The highest BCUT2D eigenvalue weighted by atomic mass is 15.2. The molecular weight excluding hydrogens is 256 g/mol. The van der Waals surface area contributed by atoms with Crippen molar-refractivity contribution in [2.75, 3.05) is 19.6 Å². The van der Waals surface area contributed by atoms with Crippen LogP contribution in [-0.4, -0.2) is 30.6 Å². The average molecular weight is 288 g/mol. The van der Waals surface area contributed by atoms with Gasteiger partial charge in [0.25, 0.3) is 0 Å². The van der Waals surface area contributed by atoms with Crippen LogP contribution in [-0.2, 0) is 0 Å². The lowest BCUT2D eigenvalue weighted by atomic mass is 9.98. The molecule has 1 heterocycles. The summed E-state index contributed by atoms with van der Waals surface area (Å²) in [5.41, 5.74) is 4.29. The van der Waals surface area contributed by atoms with Gasteiger partial charge >= 0.3 is 0 Å². The van der Waals surface area contributed by atoms with Gasteiger partial charge in [-0.2, -0.15) is 0 Å². The molecule has 1 aliphatic heterocycles. The Balaban J connectivity index is 2.09. The molecule has 2 rings (SSSR count). The largest absolute Gasteiger partial charge is 0.313 e.